The number of phenolic OH excluding ortho intramolecular Hbond substituents is 1. The summed E-state index contributed by atoms with van der Waals surface area (Å²) < 4.78 is 6.25. The Kier molecular flexibility index (Phi) is 3.38. The smallest absolute Gasteiger partial charge is 0.230 e. The molecule has 0 bridgehead atoms. The number of nitrogens with zero attached hydrogens (tertiary/aromatic N) is 3. The van der Waals surface area contributed by atoms with Gasteiger partial charge in [0.15, 0.2) is 0 Å². The Balaban J connectivity index is 1.60. The third-order valence-electron chi connectivity index (χ3n) is 4.82. The molecule has 5 rings (SSSR count). The molecule has 2 aliphatic rings. The van der Waals surface area contributed by atoms with E-state index in [1.54, 1.807) is 18.3 Å². The van der Waals surface area contributed by atoms with Crippen molar-refractivity contribution in [3.8, 4) is 11.5 Å². The van der Waals surface area contributed by atoms with Gasteiger partial charge in [0.2, 0.25) is 6.23 Å². The highest BCUT2D eigenvalue weighted by Gasteiger charge is 2.41. The summed E-state index contributed by atoms with van der Waals surface area (Å²) in [5.74, 6) is 1.12. The molecule has 0 aliphatic carbocycles. The first kappa shape index (κ1) is 15.0. The van der Waals surface area contributed by atoms with E-state index in [1.165, 1.54) is 0 Å². The van der Waals surface area contributed by atoms with Gasteiger partial charge in [-0.05, 0) is 30.3 Å². The van der Waals surface area contributed by atoms with Crippen molar-refractivity contribution >= 4 is 5.71 Å². The molecule has 1 aromatic heterocycles. The molecule has 0 fully saturated rings. The van der Waals surface area contributed by atoms with Crippen LogP contribution >= 0.6 is 0 Å². The largest absolute Gasteiger partial charge is 0.508 e. The minimum Gasteiger partial charge on any atom is -0.508 e. The molecule has 0 unspecified atom stereocenters. The van der Waals surface area contributed by atoms with E-state index in [1.807, 2.05) is 53.5 Å². The molecule has 0 saturated carbocycles. The SMILES string of the molecule is Oc1cccc(C2=NN3[C@@H](C2)c2ccccc2O[C@H]3c2ccccn2)c1. The number of phenols is 1. The van der Waals surface area contributed by atoms with Gasteiger partial charge in [0.05, 0.1) is 11.8 Å². The number of rotatable bonds is 2. The van der Waals surface area contributed by atoms with Crippen LogP contribution in [0.3, 0.4) is 0 Å². The molecule has 1 N–H and O–H groups in total. The zero-order valence-corrected chi connectivity index (χ0v) is 14.0. The molecule has 5 nitrogen and oxygen atoms in total. The summed E-state index contributed by atoms with van der Waals surface area (Å²) in [5.41, 5.74) is 3.82. The predicted molar refractivity (Wildman–Crippen MR) is 97.9 cm³/mol. The van der Waals surface area contributed by atoms with Crippen LogP contribution < -0.4 is 4.74 Å². The molecule has 2 atom stereocenters. The summed E-state index contributed by atoms with van der Waals surface area (Å²) in [6.45, 7) is 0. The Morgan fingerprint density at radius 1 is 1.00 bits per heavy atom. The van der Waals surface area contributed by atoms with Crippen LogP contribution in [0.25, 0.3) is 0 Å². The quantitative estimate of drug-likeness (QED) is 0.763. The van der Waals surface area contributed by atoms with Crippen LogP contribution in [0.2, 0.25) is 0 Å². The van der Waals surface area contributed by atoms with Crippen molar-refractivity contribution in [2.24, 2.45) is 5.10 Å². The van der Waals surface area contributed by atoms with Crippen molar-refractivity contribution < 1.29 is 9.84 Å². The minimum atomic E-state index is -0.370. The average molecular weight is 343 g/mol. The van der Waals surface area contributed by atoms with Gasteiger partial charge in [-0.15, -0.1) is 0 Å². The molecule has 0 spiro atoms. The van der Waals surface area contributed by atoms with E-state index in [9.17, 15) is 5.11 Å². The van der Waals surface area contributed by atoms with E-state index >= 15 is 0 Å². The van der Waals surface area contributed by atoms with Crippen molar-refractivity contribution in [2.75, 3.05) is 0 Å². The highest BCUT2D eigenvalue weighted by atomic mass is 16.5. The second kappa shape index (κ2) is 5.88. The van der Waals surface area contributed by atoms with Gasteiger partial charge in [0.25, 0.3) is 0 Å². The molecule has 5 heteroatoms. The number of ether oxygens (including phenoxy) is 1. The number of pyridine rings is 1. The van der Waals surface area contributed by atoms with E-state index in [0.29, 0.717) is 0 Å². The van der Waals surface area contributed by atoms with E-state index in [-0.39, 0.29) is 18.0 Å². The fourth-order valence-electron chi connectivity index (χ4n) is 3.61. The van der Waals surface area contributed by atoms with Crippen LogP contribution in [0.1, 0.15) is 35.5 Å². The van der Waals surface area contributed by atoms with E-state index < -0.39 is 0 Å². The summed E-state index contributed by atoms with van der Waals surface area (Å²) in [6.07, 6.45) is 2.16. The van der Waals surface area contributed by atoms with Gasteiger partial charge in [-0.1, -0.05) is 36.4 Å². The average Bonchev–Trinajstić information content (AvgIpc) is 3.14. The molecule has 2 aromatic carbocycles. The highest BCUT2D eigenvalue weighted by molar-refractivity contribution is 6.02. The lowest BCUT2D eigenvalue weighted by Gasteiger charge is -2.37. The van der Waals surface area contributed by atoms with Gasteiger partial charge in [-0.25, -0.2) is 5.01 Å². The first-order valence-corrected chi connectivity index (χ1v) is 8.61. The Labute approximate surface area is 151 Å². The van der Waals surface area contributed by atoms with Gasteiger partial charge < -0.3 is 9.84 Å². The van der Waals surface area contributed by atoms with Gasteiger partial charge >= 0.3 is 0 Å². The molecule has 2 aliphatic heterocycles. The number of benzene rings is 2. The van der Waals surface area contributed by atoms with Crippen LogP contribution in [0.4, 0.5) is 0 Å². The molecule has 128 valence electrons. The number of hydrazone groups is 1. The first-order valence-electron chi connectivity index (χ1n) is 8.61. The summed E-state index contributed by atoms with van der Waals surface area (Å²) >= 11 is 0. The maximum absolute atomic E-state index is 9.82. The van der Waals surface area contributed by atoms with E-state index in [4.69, 9.17) is 9.84 Å². The molecular weight excluding hydrogens is 326 g/mol. The van der Waals surface area contributed by atoms with Crippen LogP contribution in [-0.4, -0.2) is 20.8 Å². The maximum Gasteiger partial charge on any atom is 0.230 e. The van der Waals surface area contributed by atoms with E-state index in [0.717, 1.165) is 34.7 Å². The molecule has 3 aromatic rings. The normalized spacial score (nSPS) is 20.8. The molecular formula is C21H17N3O2. The van der Waals surface area contributed by atoms with Gasteiger partial charge in [-0.2, -0.15) is 5.10 Å². The standard InChI is InChI=1S/C21H17N3O2/c25-15-7-5-6-14(12-15)18-13-19-16-8-1-2-10-20(16)26-21(24(19)23-18)17-9-3-4-11-22-17/h1-12,19,21,25H,13H2/t19-,21-/m0/s1. The number of aromatic nitrogens is 1. The Bertz CT molecular complexity index is 987. The molecule has 0 saturated heterocycles. The summed E-state index contributed by atoms with van der Waals surface area (Å²) in [6, 6.07) is 21.2. The van der Waals surface area contributed by atoms with Crippen molar-refractivity contribution in [2.45, 2.75) is 18.7 Å². The monoisotopic (exact) mass is 343 g/mol. The molecule has 0 radical (unpaired) electrons. The lowest BCUT2D eigenvalue weighted by molar-refractivity contribution is -0.0218. The topological polar surface area (TPSA) is 58.0 Å². The Hall–Kier alpha value is -3.34. The zero-order chi connectivity index (χ0) is 17.5. The second-order valence-corrected chi connectivity index (χ2v) is 6.46. The lowest BCUT2D eigenvalue weighted by Crippen LogP contribution is -2.34. The van der Waals surface area contributed by atoms with Crippen molar-refractivity contribution in [1.82, 2.24) is 9.99 Å². The Morgan fingerprint density at radius 2 is 1.88 bits per heavy atom. The fourth-order valence-corrected chi connectivity index (χ4v) is 3.61. The van der Waals surface area contributed by atoms with Crippen molar-refractivity contribution in [3.05, 3.63) is 89.7 Å². The highest BCUT2D eigenvalue weighted by Crippen LogP contribution is 2.47. The third-order valence-corrected chi connectivity index (χ3v) is 4.82. The van der Waals surface area contributed by atoms with Crippen LogP contribution in [-0.2, 0) is 0 Å². The molecule has 3 heterocycles. The summed E-state index contributed by atoms with van der Waals surface area (Å²) in [5, 5.41) is 16.7. The number of para-hydroxylation sites is 1. The molecule has 0 amide bonds. The Morgan fingerprint density at radius 3 is 2.73 bits per heavy atom. The van der Waals surface area contributed by atoms with Gasteiger partial charge in [0.1, 0.15) is 17.2 Å². The fraction of sp³-hybridized carbons (Fsp3) is 0.143. The van der Waals surface area contributed by atoms with Crippen LogP contribution in [0.5, 0.6) is 11.5 Å². The number of aromatic hydroxyl groups is 1. The molecule has 26 heavy (non-hydrogen) atoms. The zero-order valence-electron chi connectivity index (χ0n) is 14.0. The maximum atomic E-state index is 9.82. The predicted octanol–water partition coefficient (Wildman–Crippen LogP) is 4.03. The minimum absolute atomic E-state index is 0.0873. The summed E-state index contributed by atoms with van der Waals surface area (Å²) in [7, 11) is 0. The van der Waals surface area contributed by atoms with Crippen molar-refractivity contribution in [3.63, 3.8) is 0 Å². The number of hydrogen-bond donors (Lipinski definition) is 1. The lowest BCUT2D eigenvalue weighted by atomic mass is 9.96. The van der Waals surface area contributed by atoms with Crippen LogP contribution in [0.15, 0.2) is 78.0 Å². The summed E-state index contributed by atoms with van der Waals surface area (Å²) in [4.78, 5) is 4.47. The van der Waals surface area contributed by atoms with Crippen LogP contribution in [0, 0.1) is 0 Å². The second-order valence-electron chi connectivity index (χ2n) is 6.46. The number of fused-ring (bicyclic) bond motifs is 3. The number of hydrogen-bond acceptors (Lipinski definition) is 5. The third kappa shape index (κ3) is 2.40. The first-order chi connectivity index (χ1) is 12.8. The van der Waals surface area contributed by atoms with Crippen molar-refractivity contribution in [1.29, 1.82) is 0 Å². The van der Waals surface area contributed by atoms with E-state index in [2.05, 4.69) is 11.1 Å². The van der Waals surface area contributed by atoms with Gasteiger partial charge in [-0.3, -0.25) is 4.98 Å². The van der Waals surface area contributed by atoms with Gasteiger partial charge in [0, 0.05) is 23.7 Å².